The van der Waals surface area contributed by atoms with Crippen molar-refractivity contribution in [2.24, 2.45) is 5.92 Å². The molecule has 60 heavy (non-hydrogen) atoms. The third kappa shape index (κ3) is 18.6. The second kappa shape index (κ2) is 29.2. The van der Waals surface area contributed by atoms with Crippen molar-refractivity contribution in [3.8, 4) is 5.75 Å². The molecule has 3 aromatic carbocycles. The zero-order valence-corrected chi connectivity index (χ0v) is 35.0. The Labute approximate surface area is 353 Å². The lowest BCUT2D eigenvalue weighted by Gasteiger charge is -2.28. The first-order chi connectivity index (χ1) is 29.4. The van der Waals surface area contributed by atoms with Crippen molar-refractivity contribution >= 4 is 12.0 Å². The molecule has 5 atom stereocenters. The Hall–Kier alpha value is -4.16. The lowest BCUT2D eigenvalue weighted by Crippen LogP contribution is -2.47. The molecular weight excluding hydrogens is 776 g/mol. The zero-order chi connectivity index (χ0) is 42.6. The Bertz CT molecular complexity index is 1600. The van der Waals surface area contributed by atoms with Gasteiger partial charge in [0.1, 0.15) is 19.0 Å². The maximum Gasteiger partial charge on any atom is 0.407 e. The summed E-state index contributed by atoms with van der Waals surface area (Å²) in [6, 6.07) is 23.2. The van der Waals surface area contributed by atoms with Crippen LogP contribution >= 0.6 is 0 Å². The quantitative estimate of drug-likeness (QED) is 0.0672. The largest absolute Gasteiger partial charge is 0.491 e. The Balaban J connectivity index is 1.34. The standard InChI is InChI=1S/C45H64N2O13/c1-52-16-18-54-20-22-56-23-25-57-26-28-59-38-14-12-35(13-15-38)30-37(44(50)47-43-39-11-7-6-10-36(39)32-42(43)49)33-41(48)40(31-34-8-4-3-5-9-34)46-45(51)60-29-27-58-24-21-55-19-17-53-2/h3-15,37,40-43,48-49H,16-33H2,1-2H3,(H,46,51)(H,47,50)/t37-,40+,41+,42-,43+/m1/s1. The van der Waals surface area contributed by atoms with Gasteiger partial charge in [0, 0.05) is 26.6 Å². The van der Waals surface area contributed by atoms with E-state index >= 15 is 0 Å². The van der Waals surface area contributed by atoms with E-state index in [1.807, 2.05) is 78.9 Å². The van der Waals surface area contributed by atoms with Crippen LogP contribution < -0.4 is 15.4 Å². The van der Waals surface area contributed by atoms with Crippen LogP contribution in [-0.4, -0.2) is 147 Å². The minimum absolute atomic E-state index is 0.00247. The molecule has 0 saturated carbocycles. The number of methoxy groups -OCH3 is 2. The fourth-order valence-electron chi connectivity index (χ4n) is 6.67. The number of rotatable bonds is 32. The fraction of sp³-hybridized carbons (Fsp3) is 0.556. The highest BCUT2D eigenvalue weighted by Crippen LogP contribution is 2.32. The summed E-state index contributed by atoms with van der Waals surface area (Å²) in [6.07, 6.45) is -1.62. The molecule has 0 bridgehead atoms. The number of carbonyl (C=O) groups excluding carboxylic acids is 2. The van der Waals surface area contributed by atoms with Crippen LogP contribution in [0.3, 0.4) is 0 Å². The number of alkyl carbamates (subject to hydrolysis) is 1. The molecule has 2 amide bonds. The molecule has 3 aromatic rings. The van der Waals surface area contributed by atoms with E-state index in [1.165, 1.54) is 0 Å². The predicted molar refractivity (Wildman–Crippen MR) is 223 cm³/mol. The van der Waals surface area contributed by atoms with E-state index in [9.17, 15) is 19.8 Å². The van der Waals surface area contributed by atoms with Crippen LogP contribution in [0.4, 0.5) is 4.79 Å². The Morgan fingerprint density at radius 1 is 0.650 bits per heavy atom. The molecule has 0 heterocycles. The monoisotopic (exact) mass is 840 g/mol. The molecule has 4 rings (SSSR count). The highest BCUT2D eigenvalue weighted by Gasteiger charge is 2.35. The number of amides is 2. The minimum Gasteiger partial charge on any atom is -0.491 e. The molecule has 15 heteroatoms. The van der Waals surface area contributed by atoms with Crippen molar-refractivity contribution in [3.63, 3.8) is 0 Å². The van der Waals surface area contributed by atoms with Crippen molar-refractivity contribution in [2.45, 2.75) is 50.0 Å². The van der Waals surface area contributed by atoms with E-state index in [0.717, 1.165) is 22.3 Å². The number of benzene rings is 3. The fourth-order valence-corrected chi connectivity index (χ4v) is 6.67. The Kier molecular flexibility index (Phi) is 23.6. The van der Waals surface area contributed by atoms with Gasteiger partial charge < -0.3 is 63.5 Å². The number of hydrogen-bond donors (Lipinski definition) is 4. The van der Waals surface area contributed by atoms with Gasteiger partial charge in [-0.2, -0.15) is 0 Å². The van der Waals surface area contributed by atoms with Crippen molar-refractivity contribution in [2.75, 3.05) is 107 Å². The lowest BCUT2D eigenvalue weighted by molar-refractivity contribution is -0.127. The van der Waals surface area contributed by atoms with Gasteiger partial charge in [-0.3, -0.25) is 4.79 Å². The van der Waals surface area contributed by atoms with Gasteiger partial charge in [-0.25, -0.2) is 4.79 Å². The summed E-state index contributed by atoms with van der Waals surface area (Å²) in [5.41, 5.74) is 3.58. The summed E-state index contributed by atoms with van der Waals surface area (Å²) in [7, 11) is 3.23. The molecule has 0 radical (unpaired) electrons. The van der Waals surface area contributed by atoms with Crippen molar-refractivity contribution < 1.29 is 62.4 Å². The summed E-state index contributed by atoms with van der Waals surface area (Å²) in [4.78, 5) is 27.2. The van der Waals surface area contributed by atoms with E-state index in [2.05, 4.69) is 10.6 Å². The molecule has 4 N–H and O–H groups in total. The van der Waals surface area contributed by atoms with Crippen molar-refractivity contribution in [3.05, 3.63) is 101 Å². The molecule has 0 unspecified atom stereocenters. The summed E-state index contributed by atoms with van der Waals surface area (Å²) in [5, 5.41) is 28.7. The van der Waals surface area contributed by atoms with Gasteiger partial charge in [-0.05, 0) is 53.6 Å². The number of nitrogens with one attached hydrogen (secondary N) is 2. The lowest BCUT2D eigenvalue weighted by atomic mass is 9.88. The first-order valence-electron chi connectivity index (χ1n) is 20.7. The van der Waals surface area contributed by atoms with Gasteiger partial charge in [0.25, 0.3) is 0 Å². The maximum absolute atomic E-state index is 14.2. The average molecular weight is 841 g/mol. The molecule has 1 aliphatic carbocycles. The number of carbonyl (C=O) groups is 2. The van der Waals surface area contributed by atoms with E-state index in [1.54, 1.807) is 14.2 Å². The van der Waals surface area contributed by atoms with E-state index in [0.29, 0.717) is 97.9 Å². The van der Waals surface area contributed by atoms with Crippen LogP contribution in [0.25, 0.3) is 0 Å². The number of fused-ring (bicyclic) bond motifs is 1. The number of aliphatic hydroxyl groups excluding tert-OH is 2. The SMILES string of the molecule is COCCOCCOCCOCCOc1ccc(C[C@H](C[C@H](O)[C@H](Cc2ccccc2)NC(=O)OCCOCCOCCOC)C(=O)N[C@H]2c3ccccc3C[C@H]2O)cc1. The van der Waals surface area contributed by atoms with Crippen molar-refractivity contribution in [1.29, 1.82) is 0 Å². The predicted octanol–water partition coefficient (Wildman–Crippen LogP) is 3.46. The maximum atomic E-state index is 14.2. The van der Waals surface area contributed by atoms with Gasteiger partial charge in [-0.1, -0.05) is 66.7 Å². The van der Waals surface area contributed by atoms with Gasteiger partial charge in [0.2, 0.25) is 5.91 Å². The van der Waals surface area contributed by atoms with Crippen LogP contribution in [0, 0.1) is 5.92 Å². The summed E-state index contributed by atoms with van der Waals surface area (Å²) >= 11 is 0. The summed E-state index contributed by atoms with van der Waals surface area (Å²) < 4.78 is 48.5. The van der Waals surface area contributed by atoms with Crippen molar-refractivity contribution in [1.82, 2.24) is 10.6 Å². The third-order valence-electron chi connectivity index (χ3n) is 9.81. The van der Waals surface area contributed by atoms with Crippen LogP contribution in [0.2, 0.25) is 0 Å². The second-order valence-electron chi connectivity index (χ2n) is 14.3. The molecule has 0 aliphatic heterocycles. The normalized spacial score (nSPS) is 16.1. The van der Waals surface area contributed by atoms with Crippen LogP contribution in [0.15, 0.2) is 78.9 Å². The molecule has 15 nitrogen and oxygen atoms in total. The van der Waals surface area contributed by atoms with Gasteiger partial charge in [-0.15, -0.1) is 0 Å². The van der Waals surface area contributed by atoms with Gasteiger partial charge in [0.05, 0.1) is 104 Å². The summed E-state index contributed by atoms with van der Waals surface area (Å²) in [5.74, 6) is -0.404. The molecule has 0 aromatic heterocycles. The number of aliphatic hydroxyl groups is 2. The molecule has 332 valence electrons. The first kappa shape index (κ1) is 48.5. The van der Waals surface area contributed by atoms with Crippen LogP contribution in [0.5, 0.6) is 5.75 Å². The molecule has 0 fully saturated rings. The molecule has 0 spiro atoms. The van der Waals surface area contributed by atoms with Gasteiger partial charge >= 0.3 is 6.09 Å². The first-order valence-corrected chi connectivity index (χ1v) is 20.7. The zero-order valence-electron chi connectivity index (χ0n) is 35.0. The topological polar surface area (TPSA) is 182 Å². The second-order valence-corrected chi connectivity index (χ2v) is 14.3. The van der Waals surface area contributed by atoms with Crippen LogP contribution in [0.1, 0.15) is 34.7 Å². The number of hydrogen-bond acceptors (Lipinski definition) is 13. The highest BCUT2D eigenvalue weighted by molar-refractivity contribution is 5.80. The minimum atomic E-state index is -1.14. The molecular formula is C45H64N2O13. The summed E-state index contributed by atoms with van der Waals surface area (Å²) in [6.45, 7) is 5.55. The van der Waals surface area contributed by atoms with Gasteiger partial charge in [0.15, 0.2) is 0 Å². The Morgan fingerprint density at radius 3 is 1.80 bits per heavy atom. The van der Waals surface area contributed by atoms with E-state index in [4.69, 9.17) is 42.6 Å². The number of ether oxygens (including phenoxy) is 9. The molecule has 1 aliphatic rings. The van der Waals surface area contributed by atoms with Crippen LogP contribution in [-0.2, 0) is 62.0 Å². The Morgan fingerprint density at radius 2 is 1.18 bits per heavy atom. The van der Waals surface area contributed by atoms with E-state index < -0.39 is 36.3 Å². The average Bonchev–Trinajstić information content (AvgIpc) is 3.57. The molecule has 0 saturated heterocycles. The highest BCUT2D eigenvalue weighted by atomic mass is 16.6. The third-order valence-corrected chi connectivity index (χ3v) is 9.81. The van der Waals surface area contributed by atoms with E-state index in [-0.39, 0.29) is 32.0 Å². The smallest absolute Gasteiger partial charge is 0.407 e.